The molecule has 8 heteroatoms. The summed E-state index contributed by atoms with van der Waals surface area (Å²) in [5.74, 6) is -0.260. The topological polar surface area (TPSA) is 72.6 Å². The minimum Gasteiger partial charge on any atom is -0.494 e. The first-order chi connectivity index (χ1) is 11.5. The Morgan fingerprint density at radius 3 is 2.83 bits per heavy atom. The molecule has 0 saturated heterocycles. The van der Waals surface area contributed by atoms with Crippen molar-refractivity contribution in [3.63, 3.8) is 0 Å². The smallest absolute Gasteiger partial charge is 0.293 e. The van der Waals surface area contributed by atoms with E-state index in [2.05, 4.69) is 15.1 Å². The van der Waals surface area contributed by atoms with E-state index in [1.165, 1.54) is 28.7 Å². The van der Waals surface area contributed by atoms with Crippen LogP contribution >= 0.6 is 0 Å². The number of aryl methyl sites for hydroxylation is 1. The number of ether oxygens (including phenoxy) is 1. The molecule has 0 spiro atoms. The SMILES string of the molecule is COc1ccc(CN(C)C(=O)c2nc3nccc(C)n3n2)cc1F. The van der Waals surface area contributed by atoms with Crippen LogP contribution in [0.3, 0.4) is 0 Å². The molecule has 0 aliphatic rings. The zero-order valence-corrected chi connectivity index (χ0v) is 13.5. The number of fused-ring (bicyclic) bond motifs is 1. The molecule has 1 amide bonds. The van der Waals surface area contributed by atoms with Crippen molar-refractivity contribution in [3.8, 4) is 5.75 Å². The highest BCUT2D eigenvalue weighted by Crippen LogP contribution is 2.18. The molecule has 7 nitrogen and oxygen atoms in total. The number of benzene rings is 1. The van der Waals surface area contributed by atoms with Gasteiger partial charge in [-0.05, 0) is 30.7 Å². The average molecular weight is 329 g/mol. The molecule has 3 rings (SSSR count). The largest absolute Gasteiger partial charge is 0.494 e. The minimum absolute atomic E-state index is 0.0493. The highest BCUT2D eigenvalue weighted by atomic mass is 19.1. The first kappa shape index (κ1) is 15.9. The molecule has 1 aromatic carbocycles. The second-order valence-corrected chi connectivity index (χ2v) is 5.36. The van der Waals surface area contributed by atoms with Gasteiger partial charge in [-0.15, -0.1) is 5.10 Å². The molecule has 0 bridgehead atoms. The van der Waals surface area contributed by atoms with Crippen LogP contribution in [0.5, 0.6) is 5.75 Å². The number of halogens is 1. The molecule has 2 heterocycles. The van der Waals surface area contributed by atoms with E-state index in [4.69, 9.17) is 4.74 Å². The van der Waals surface area contributed by atoms with Gasteiger partial charge in [-0.3, -0.25) is 4.79 Å². The van der Waals surface area contributed by atoms with Gasteiger partial charge in [0.25, 0.3) is 11.7 Å². The Morgan fingerprint density at radius 1 is 1.38 bits per heavy atom. The Morgan fingerprint density at radius 2 is 2.17 bits per heavy atom. The van der Waals surface area contributed by atoms with Crippen molar-refractivity contribution in [2.45, 2.75) is 13.5 Å². The minimum atomic E-state index is -0.471. The van der Waals surface area contributed by atoms with Crippen LogP contribution in [0.2, 0.25) is 0 Å². The Balaban J connectivity index is 1.81. The lowest BCUT2D eigenvalue weighted by molar-refractivity contribution is 0.0773. The Hall–Kier alpha value is -3.03. The summed E-state index contributed by atoms with van der Waals surface area (Å²) in [4.78, 5) is 22.1. The van der Waals surface area contributed by atoms with Crippen LogP contribution in [-0.4, -0.2) is 44.5 Å². The van der Waals surface area contributed by atoms with Gasteiger partial charge in [0, 0.05) is 25.5 Å². The third kappa shape index (κ3) is 2.90. The molecule has 0 unspecified atom stereocenters. The van der Waals surface area contributed by atoms with E-state index >= 15 is 0 Å². The normalized spacial score (nSPS) is 10.8. The summed E-state index contributed by atoms with van der Waals surface area (Å²) in [6, 6.07) is 6.35. The molecule has 24 heavy (non-hydrogen) atoms. The highest BCUT2D eigenvalue weighted by molar-refractivity contribution is 5.90. The van der Waals surface area contributed by atoms with E-state index in [0.717, 1.165) is 5.69 Å². The molecule has 0 N–H and O–H groups in total. The van der Waals surface area contributed by atoms with Crippen molar-refractivity contribution in [3.05, 3.63) is 53.4 Å². The second-order valence-electron chi connectivity index (χ2n) is 5.36. The lowest BCUT2D eigenvalue weighted by Gasteiger charge is -2.15. The summed E-state index contributed by atoms with van der Waals surface area (Å²) < 4.78 is 20.1. The number of amides is 1. The Bertz CT molecular complexity index is 909. The lowest BCUT2D eigenvalue weighted by Crippen LogP contribution is -2.27. The van der Waals surface area contributed by atoms with Crippen LogP contribution in [0, 0.1) is 12.7 Å². The molecule has 0 fully saturated rings. The fourth-order valence-corrected chi connectivity index (χ4v) is 2.32. The number of methoxy groups -OCH3 is 1. The standard InChI is InChI=1S/C16H16FN5O2/c1-10-6-7-18-16-19-14(20-22(10)16)15(23)21(2)9-11-4-5-13(24-3)12(17)8-11/h4-8H,9H2,1-3H3. The van der Waals surface area contributed by atoms with Crippen LogP contribution in [0.25, 0.3) is 5.78 Å². The van der Waals surface area contributed by atoms with E-state index in [9.17, 15) is 9.18 Å². The van der Waals surface area contributed by atoms with E-state index in [1.807, 2.05) is 6.92 Å². The molecule has 0 atom stereocenters. The van der Waals surface area contributed by atoms with Crippen LogP contribution in [0.1, 0.15) is 21.9 Å². The summed E-state index contributed by atoms with van der Waals surface area (Å²) in [5.41, 5.74) is 1.47. The molecule has 0 saturated carbocycles. The van der Waals surface area contributed by atoms with Crippen LogP contribution < -0.4 is 4.74 Å². The first-order valence-electron chi connectivity index (χ1n) is 7.26. The van der Waals surface area contributed by atoms with Crippen LogP contribution in [0.15, 0.2) is 30.5 Å². The van der Waals surface area contributed by atoms with E-state index in [0.29, 0.717) is 11.3 Å². The fourth-order valence-electron chi connectivity index (χ4n) is 2.32. The second kappa shape index (κ2) is 6.23. The monoisotopic (exact) mass is 329 g/mol. The maximum Gasteiger partial charge on any atom is 0.293 e. The van der Waals surface area contributed by atoms with Crippen molar-refractivity contribution in [2.24, 2.45) is 0 Å². The number of nitrogens with zero attached hydrogens (tertiary/aromatic N) is 5. The number of hydrogen-bond donors (Lipinski definition) is 0. The predicted octanol–water partition coefficient (Wildman–Crippen LogP) is 1.85. The predicted molar refractivity (Wildman–Crippen MR) is 84.3 cm³/mol. The maximum absolute atomic E-state index is 13.7. The molecule has 3 aromatic rings. The fraction of sp³-hybridized carbons (Fsp3) is 0.250. The summed E-state index contributed by atoms with van der Waals surface area (Å²) in [6.07, 6.45) is 1.61. The molecule has 0 aliphatic carbocycles. The van der Waals surface area contributed by atoms with Crippen molar-refractivity contribution in [2.75, 3.05) is 14.2 Å². The number of carbonyl (C=O) groups is 1. The van der Waals surface area contributed by atoms with Crippen molar-refractivity contribution in [1.29, 1.82) is 0 Å². The van der Waals surface area contributed by atoms with Gasteiger partial charge in [0.2, 0.25) is 5.82 Å². The van der Waals surface area contributed by atoms with E-state index in [1.54, 1.807) is 25.4 Å². The Labute approximate surface area is 137 Å². The molecule has 0 aliphatic heterocycles. The van der Waals surface area contributed by atoms with Crippen molar-refractivity contribution < 1.29 is 13.9 Å². The average Bonchev–Trinajstić information content (AvgIpc) is 3.00. The van der Waals surface area contributed by atoms with Gasteiger partial charge in [-0.1, -0.05) is 6.07 Å². The van der Waals surface area contributed by atoms with Gasteiger partial charge in [0.1, 0.15) is 0 Å². The maximum atomic E-state index is 13.7. The molecule has 2 aromatic heterocycles. The van der Waals surface area contributed by atoms with Crippen molar-refractivity contribution in [1.82, 2.24) is 24.5 Å². The van der Waals surface area contributed by atoms with Gasteiger partial charge >= 0.3 is 0 Å². The summed E-state index contributed by atoms with van der Waals surface area (Å²) >= 11 is 0. The Kier molecular flexibility index (Phi) is 4.11. The lowest BCUT2D eigenvalue weighted by atomic mass is 10.2. The highest BCUT2D eigenvalue weighted by Gasteiger charge is 2.19. The zero-order valence-electron chi connectivity index (χ0n) is 13.5. The zero-order chi connectivity index (χ0) is 17.3. The van der Waals surface area contributed by atoms with Crippen LogP contribution in [0.4, 0.5) is 4.39 Å². The third-order valence-corrected chi connectivity index (χ3v) is 3.60. The molecule has 124 valence electrons. The third-order valence-electron chi connectivity index (χ3n) is 3.60. The number of aromatic nitrogens is 4. The van der Waals surface area contributed by atoms with Crippen LogP contribution in [-0.2, 0) is 6.54 Å². The van der Waals surface area contributed by atoms with E-state index < -0.39 is 5.82 Å². The van der Waals surface area contributed by atoms with Crippen molar-refractivity contribution >= 4 is 11.7 Å². The quantitative estimate of drug-likeness (QED) is 0.730. The number of hydrogen-bond acceptors (Lipinski definition) is 5. The molecular weight excluding hydrogens is 313 g/mol. The number of carbonyl (C=O) groups excluding carboxylic acids is 1. The van der Waals surface area contributed by atoms with Gasteiger partial charge in [0.15, 0.2) is 11.6 Å². The molecular formula is C16H16FN5O2. The first-order valence-corrected chi connectivity index (χ1v) is 7.26. The summed E-state index contributed by atoms with van der Waals surface area (Å²) in [5, 5.41) is 4.18. The summed E-state index contributed by atoms with van der Waals surface area (Å²) in [6.45, 7) is 2.07. The number of rotatable bonds is 4. The van der Waals surface area contributed by atoms with Gasteiger partial charge in [0.05, 0.1) is 7.11 Å². The summed E-state index contributed by atoms with van der Waals surface area (Å²) in [7, 11) is 3.01. The van der Waals surface area contributed by atoms with Gasteiger partial charge in [-0.2, -0.15) is 4.98 Å². The van der Waals surface area contributed by atoms with Gasteiger partial charge < -0.3 is 9.64 Å². The van der Waals surface area contributed by atoms with Gasteiger partial charge in [-0.25, -0.2) is 13.9 Å². The van der Waals surface area contributed by atoms with E-state index in [-0.39, 0.29) is 24.0 Å². The molecule has 0 radical (unpaired) electrons.